The number of hydrogen-bond acceptors (Lipinski definition) is 4. The lowest BCUT2D eigenvalue weighted by atomic mass is 9.32. The monoisotopic (exact) mass is 636 g/mol. The highest BCUT2D eigenvalue weighted by atomic mass is 16.3. The SMILES string of the molecule is CCCN(C[C@]1(O)CC[C@H]2[C@]34C=C[C@@]5(C=C3C(=O)c3ccccc3)CC(O)CC[C@]5(C)[C@H]4CC[C@@]21C)C(=O)N[C@H](C)c1ccccc1. The van der Waals surface area contributed by atoms with Gasteiger partial charge in [-0.2, -0.15) is 0 Å². The summed E-state index contributed by atoms with van der Waals surface area (Å²) in [6, 6.07) is 19.3. The minimum Gasteiger partial charge on any atom is -0.393 e. The molecule has 2 aromatic carbocycles. The van der Waals surface area contributed by atoms with Crippen molar-refractivity contribution >= 4 is 11.8 Å². The van der Waals surface area contributed by atoms with E-state index < -0.39 is 16.4 Å². The molecule has 1 unspecified atom stereocenters. The molecule has 2 spiro atoms. The predicted octanol–water partition coefficient (Wildman–Crippen LogP) is 7.64. The summed E-state index contributed by atoms with van der Waals surface area (Å²) < 4.78 is 0. The van der Waals surface area contributed by atoms with Gasteiger partial charge < -0.3 is 20.4 Å². The quantitative estimate of drug-likeness (QED) is 0.205. The smallest absolute Gasteiger partial charge is 0.317 e. The number of allylic oxidation sites excluding steroid dienone is 4. The first-order valence-electron chi connectivity index (χ1n) is 18.0. The number of carbonyl (C=O) groups excluding carboxylic acids is 2. The summed E-state index contributed by atoms with van der Waals surface area (Å²) >= 11 is 0. The van der Waals surface area contributed by atoms with Crippen molar-refractivity contribution in [2.24, 2.45) is 33.5 Å². The van der Waals surface area contributed by atoms with Crippen LogP contribution in [0.1, 0.15) is 101 Å². The lowest BCUT2D eigenvalue weighted by Crippen LogP contribution is -2.67. The van der Waals surface area contributed by atoms with Crippen LogP contribution in [-0.4, -0.2) is 51.7 Å². The van der Waals surface area contributed by atoms with Gasteiger partial charge in [-0.3, -0.25) is 4.79 Å². The molecule has 3 fully saturated rings. The second-order valence-electron chi connectivity index (χ2n) is 16.0. The summed E-state index contributed by atoms with van der Waals surface area (Å²) in [5, 5.41) is 27.0. The number of amides is 2. The zero-order valence-corrected chi connectivity index (χ0v) is 28.5. The number of hydrogen-bond donors (Lipinski definition) is 3. The Morgan fingerprint density at radius 3 is 2.26 bits per heavy atom. The molecule has 0 saturated heterocycles. The van der Waals surface area contributed by atoms with Gasteiger partial charge in [-0.15, -0.1) is 0 Å². The zero-order valence-electron chi connectivity index (χ0n) is 28.5. The fourth-order valence-electron chi connectivity index (χ4n) is 11.3. The van der Waals surface area contributed by atoms with Gasteiger partial charge in [0.2, 0.25) is 0 Å². The van der Waals surface area contributed by atoms with Gasteiger partial charge in [0.1, 0.15) is 0 Å². The maximum atomic E-state index is 14.6. The number of nitrogens with zero attached hydrogens (tertiary/aromatic N) is 1. The first-order valence-corrected chi connectivity index (χ1v) is 18.0. The number of Topliss-reactive ketones (excluding diaryl/α,β-unsaturated/α-hetero) is 1. The van der Waals surface area contributed by atoms with Crippen LogP contribution in [0, 0.1) is 33.5 Å². The highest BCUT2D eigenvalue weighted by molar-refractivity contribution is 6.10. The number of ketones is 1. The molecule has 0 radical (unpaired) electrons. The molecule has 3 saturated carbocycles. The van der Waals surface area contributed by atoms with Crippen molar-refractivity contribution in [1.82, 2.24) is 10.2 Å². The Kier molecular flexibility index (Phi) is 7.87. The maximum Gasteiger partial charge on any atom is 0.317 e. The fourth-order valence-corrected chi connectivity index (χ4v) is 11.3. The van der Waals surface area contributed by atoms with Crippen LogP contribution in [0.4, 0.5) is 4.79 Å². The first-order chi connectivity index (χ1) is 22.4. The van der Waals surface area contributed by atoms with E-state index in [1.807, 2.05) is 72.5 Å². The van der Waals surface area contributed by atoms with Crippen molar-refractivity contribution in [2.75, 3.05) is 13.1 Å². The molecule has 2 bridgehead atoms. The highest BCUT2D eigenvalue weighted by Gasteiger charge is 2.74. The average molecular weight is 637 g/mol. The third-order valence-corrected chi connectivity index (χ3v) is 13.9. The van der Waals surface area contributed by atoms with Crippen LogP contribution < -0.4 is 5.32 Å². The summed E-state index contributed by atoms with van der Waals surface area (Å²) in [4.78, 5) is 30.3. The molecule has 3 N–H and O–H groups in total. The fraction of sp³-hybridized carbons (Fsp3) is 0.561. The van der Waals surface area contributed by atoms with Crippen LogP contribution in [0.5, 0.6) is 0 Å². The van der Waals surface area contributed by atoms with Crippen molar-refractivity contribution in [3.8, 4) is 0 Å². The summed E-state index contributed by atoms with van der Waals surface area (Å²) in [7, 11) is 0. The molecule has 6 aliphatic rings. The highest BCUT2D eigenvalue weighted by Crippen LogP contribution is 2.78. The van der Waals surface area contributed by atoms with Gasteiger partial charge in [-0.1, -0.05) is 99.7 Å². The van der Waals surface area contributed by atoms with Crippen LogP contribution >= 0.6 is 0 Å². The molecule has 8 rings (SSSR count). The maximum absolute atomic E-state index is 14.6. The van der Waals surface area contributed by atoms with E-state index in [0.29, 0.717) is 24.9 Å². The summed E-state index contributed by atoms with van der Waals surface area (Å²) in [5.74, 6) is 0.357. The van der Waals surface area contributed by atoms with E-state index in [-0.39, 0.29) is 53.2 Å². The van der Waals surface area contributed by atoms with E-state index in [9.17, 15) is 19.8 Å². The Morgan fingerprint density at radius 1 is 0.915 bits per heavy atom. The van der Waals surface area contributed by atoms with Gasteiger partial charge in [0.15, 0.2) is 5.78 Å². The Labute approximate surface area is 280 Å². The second-order valence-corrected chi connectivity index (χ2v) is 16.0. The molecule has 47 heavy (non-hydrogen) atoms. The van der Waals surface area contributed by atoms with Crippen LogP contribution in [-0.2, 0) is 0 Å². The Morgan fingerprint density at radius 2 is 1.55 bits per heavy atom. The van der Waals surface area contributed by atoms with Crippen LogP contribution in [0.3, 0.4) is 0 Å². The van der Waals surface area contributed by atoms with Crippen LogP contribution in [0.2, 0.25) is 0 Å². The molecule has 6 aliphatic carbocycles. The molecule has 0 heterocycles. The Bertz CT molecular complexity index is 1590. The number of urea groups is 1. The standard InChI is InChI=1S/C41H52N2O4/c1-5-24-43(36(46)42-28(2)29-12-8-6-9-13-29)27-40(47)21-18-34-38(40,4)20-17-33-37(3)19-16-31(44)25-39(37)22-23-41(33,34)32(26-39)35(45)30-14-10-7-11-15-30/h6-15,22-23,26,28,31,33-34,44,47H,5,16-21,24-25,27H2,1-4H3,(H,42,46)/t28-,31?,33-,34-,37-,38+,39+,40-,41-/m1/s1. The van der Waals surface area contributed by atoms with Crippen LogP contribution in [0.15, 0.2) is 84.5 Å². The lowest BCUT2D eigenvalue weighted by molar-refractivity contribution is -0.174. The minimum absolute atomic E-state index is 0.0469. The third kappa shape index (κ3) is 4.64. The molecule has 250 valence electrons. The van der Waals surface area contributed by atoms with Gasteiger partial charge >= 0.3 is 6.03 Å². The molecule has 2 aromatic rings. The summed E-state index contributed by atoms with van der Waals surface area (Å²) in [5.41, 5.74) is 0.0701. The molecular formula is C41H52N2O4. The number of aliphatic hydroxyl groups is 2. The van der Waals surface area contributed by atoms with Gasteiger partial charge in [-0.25, -0.2) is 4.79 Å². The van der Waals surface area contributed by atoms with Gasteiger partial charge in [0, 0.05) is 33.9 Å². The van der Waals surface area contributed by atoms with E-state index in [0.717, 1.165) is 49.7 Å². The molecule has 0 aliphatic heterocycles. The molecule has 2 amide bonds. The van der Waals surface area contributed by atoms with E-state index in [2.05, 4.69) is 44.3 Å². The summed E-state index contributed by atoms with van der Waals surface area (Å²) in [6.07, 6.45) is 12.9. The topological polar surface area (TPSA) is 89.9 Å². The van der Waals surface area contributed by atoms with Crippen molar-refractivity contribution in [1.29, 1.82) is 0 Å². The average Bonchev–Trinajstić information content (AvgIpc) is 3.34. The number of aliphatic hydroxyl groups excluding tert-OH is 1. The van der Waals surface area contributed by atoms with Crippen molar-refractivity contribution in [2.45, 2.75) is 96.8 Å². The molecule has 6 heteroatoms. The molecular weight excluding hydrogens is 584 g/mol. The Balaban J connectivity index is 1.25. The van der Waals surface area contributed by atoms with E-state index in [1.165, 1.54) is 0 Å². The van der Waals surface area contributed by atoms with Crippen molar-refractivity contribution in [3.63, 3.8) is 0 Å². The van der Waals surface area contributed by atoms with Gasteiger partial charge in [0.05, 0.1) is 24.3 Å². The summed E-state index contributed by atoms with van der Waals surface area (Å²) in [6.45, 7) is 9.55. The number of carbonyl (C=O) groups is 2. The number of benzene rings is 2. The van der Waals surface area contributed by atoms with E-state index in [4.69, 9.17) is 0 Å². The van der Waals surface area contributed by atoms with Gasteiger partial charge in [-0.05, 0) is 81.1 Å². The Hall–Kier alpha value is -3.22. The number of nitrogens with one attached hydrogen (secondary N) is 1. The van der Waals surface area contributed by atoms with Crippen molar-refractivity contribution < 1.29 is 19.8 Å². The normalized spacial score (nSPS) is 38.9. The lowest BCUT2D eigenvalue weighted by Gasteiger charge is -2.71. The number of fused-ring (bicyclic) bond motifs is 1. The second kappa shape index (κ2) is 11.4. The van der Waals surface area contributed by atoms with Crippen LogP contribution in [0.25, 0.3) is 0 Å². The minimum atomic E-state index is -1.09. The molecule has 6 nitrogen and oxygen atoms in total. The largest absolute Gasteiger partial charge is 0.393 e. The first kappa shape index (κ1) is 32.3. The third-order valence-electron chi connectivity index (χ3n) is 13.9. The molecule has 0 aromatic heterocycles. The predicted molar refractivity (Wildman–Crippen MR) is 185 cm³/mol. The van der Waals surface area contributed by atoms with E-state index >= 15 is 0 Å². The van der Waals surface area contributed by atoms with Gasteiger partial charge in [0.25, 0.3) is 0 Å². The van der Waals surface area contributed by atoms with Crippen molar-refractivity contribution in [3.05, 3.63) is 95.6 Å². The molecule has 9 atom stereocenters. The van der Waals surface area contributed by atoms with E-state index in [1.54, 1.807) is 0 Å². The zero-order chi connectivity index (χ0) is 33.2. The number of rotatable bonds is 8.